The van der Waals surface area contributed by atoms with Crippen molar-refractivity contribution in [2.24, 2.45) is 0 Å². The van der Waals surface area contributed by atoms with E-state index in [0.29, 0.717) is 32.8 Å². The molecule has 0 bridgehead atoms. The molecule has 24 heavy (non-hydrogen) atoms. The van der Waals surface area contributed by atoms with E-state index in [9.17, 15) is 13.2 Å². The fourth-order valence-electron chi connectivity index (χ4n) is 3.11. The summed E-state index contributed by atoms with van der Waals surface area (Å²) in [5, 5.41) is 0.0786. The van der Waals surface area contributed by atoms with Crippen molar-refractivity contribution in [3.63, 3.8) is 0 Å². The Morgan fingerprint density at radius 3 is 2.71 bits per heavy atom. The van der Waals surface area contributed by atoms with Gasteiger partial charge < -0.3 is 14.2 Å². The quantitative estimate of drug-likeness (QED) is 0.758. The summed E-state index contributed by atoms with van der Waals surface area (Å²) in [5.41, 5.74) is 0. The van der Waals surface area contributed by atoms with Gasteiger partial charge in [-0.1, -0.05) is 6.92 Å². The summed E-state index contributed by atoms with van der Waals surface area (Å²) in [6.45, 7) is 4.78. The van der Waals surface area contributed by atoms with Crippen molar-refractivity contribution in [2.75, 3.05) is 32.8 Å². The van der Waals surface area contributed by atoms with Gasteiger partial charge in [-0.2, -0.15) is 4.31 Å². The summed E-state index contributed by atoms with van der Waals surface area (Å²) >= 11 is 0. The number of carbonyl (C=O) groups is 1. The average molecular weight is 356 g/mol. The molecule has 2 fully saturated rings. The summed E-state index contributed by atoms with van der Waals surface area (Å²) in [7, 11) is -3.60. The van der Waals surface area contributed by atoms with Crippen LogP contribution in [0.5, 0.6) is 0 Å². The predicted molar refractivity (Wildman–Crippen MR) is 86.8 cm³/mol. The number of hydrogen-bond donors (Lipinski definition) is 0. The fraction of sp³-hybridized carbons (Fsp3) is 0.733. The fourth-order valence-corrected chi connectivity index (χ4v) is 4.47. The molecule has 2 saturated heterocycles. The molecule has 0 aliphatic carbocycles. The highest BCUT2D eigenvalue weighted by Gasteiger charge is 2.34. The van der Waals surface area contributed by atoms with Crippen molar-refractivity contribution in [1.29, 1.82) is 0 Å². The second-order valence-electron chi connectivity index (χ2n) is 6.18. The average Bonchev–Trinajstić information content (AvgIpc) is 3.26. The number of aromatic nitrogens is 2. The van der Waals surface area contributed by atoms with Gasteiger partial charge in [-0.25, -0.2) is 13.4 Å². The highest BCUT2D eigenvalue weighted by molar-refractivity contribution is 7.89. The minimum Gasteiger partial charge on any atom is -0.368 e. The van der Waals surface area contributed by atoms with Crippen molar-refractivity contribution in [3.05, 3.63) is 12.5 Å². The third-order valence-corrected chi connectivity index (χ3v) is 6.24. The van der Waals surface area contributed by atoms with Crippen LogP contribution < -0.4 is 0 Å². The van der Waals surface area contributed by atoms with Gasteiger partial charge in [-0.05, 0) is 19.3 Å². The van der Waals surface area contributed by atoms with Crippen LogP contribution in [0.4, 0.5) is 0 Å². The molecule has 0 N–H and O–H groups in total. The normalized spacial score (nSPS) is 22.9. The van der Waals surface area contributed by atoms with Crippen LogP contribution in [0.3, 0.4) is 0 Å². The Balaban J connectivity index is 1.61. The smallest absolute Gasteiger partial charge is 0.262 e. The molecule has 1 amide bonds. The monoisotopic (exact) mass is 356 g/mol. The molecular weight excluding hydrogens is 332 g/mol. The largest absolute Gasteiger partial charge is 0.368 e. The van der Waals surface area contributed by atoms with E-state index in [2.05, 4.69) is 4.98 Å². The maximum atomic E-state index is 12.7. The number of piperazine rings is 1. The molecule has 0 spiro atoms. The summed E-state index contributed by atoms with van der Waals surface area (Å²) in [4.78, 5) is 18.1. The van der Waals surface area contributed by atoms with Crippen LogP contribution in [0.15, 0.2) is 17.6 Å². The van der Waals surface area contributed by atoms with E-state index < -0.39 is 10.0 Å². The summed E-state index contributed by atoms with van der Waals surface area (Å²) in [6, 6.07) is 0. The lowest BCUT2D eigenvalue weighted by Gasteiger charge is -2.34. The van der Waals surface area contributed by atoms with Crippen molar-refractivity contribution >= 4 is 15.9 Å². The standard InChI is InChI=1S/C15H24N4O4S/c1-2-5-17-11-14(16-12-17)24(21,22)19-8-6-18(7-9-19)15(20)13-4-3-10-23-13/h11-13H,2-10H2,1H3. The Kier molecular flexibility index (Phi) is 5.21. The van der Waals surface area contributed by atoms with Gasteiger partial charge in [0.1, 0.15) is 6.10 Å². The van der Waals surface area contributed by atoms with E-state index in [1.54, 1.807) is 22.0 Å². The molecule has 1 unspecified atom stereocenters. The van der Waals surface area contributed by atoms with Crippen LogP contribution in [0.25, 0.3) is 0 Å². The Morgan fingerprint density at radius 2 is 2.08 bits per heavy atom. The Labute approximate surface area is 142 Å². The molecule has 1 atom stereocenters. The third-order valence-electron chi connectivity index (χ3n) is 4.45. The molecular formula is C15H24N4O4S. The number of imidazole rings is 1. The van der Waals surface area contributed by atoms with Gasteiger partial charge in [0.15, 0.2) is 5.03 Å². The molecule has 3 heterocycles. The number of hydrogen-bond acceptors (Lipinski definition) is 5. The number of ether oxygens (including phenoxy) is 1. The van der Waals surface area contributed by atoms with E-state index >= 15 is 0 Å². The second kappa shape index (κ2) is 7.20. The van der Waals surface area contributed by atoms with Gasteiger partial charge in [0, 0.05) is 45.5 Å². The number of carbonyl (C=O) groups excluding carboxylic acids is 1. The highest BCUT2D eigenvalue weighted by Crippen LogP contribution is 2.19. The summed E-state index contributed by atoms with van der Waals surface area (Å²) in [6.07, 6.45) is 5.35. The predicted octanol–water partition coefficient (Wildman–Crippen LogP) is 0.305. The van der Waals surface area contributed by atoms with Gasteiger partial charge >= 0.3 is 0 Å². The van der Waals surface area contributed by atoms with E-state index in [0.717, 1.165) is 25.8 Å². The van der Waals surface area contributed by atoms with E-state index in [4.69, 9.17) is 4.74 Å². The molecule has 2 aliphatic rings. The molecule has 134 valence electrons. The van der Waals surface area contributed by atoms with Gasteiger partial charge in [0.2, 0.25) is 0 Å². The lowest BCUT2D eigenvalue weighted by atomic mass is 10.2. The van der Waals surface area contributed by atoms with E-state index in [-0.39, 0.29) is 17.0 Å². The maximum Gasteiger partial charge on any atom is 0.262 e. The molecule has 3 rings (SSSR count). The summed E-state index contributed by atoms with van der Waals surface area (Å²) < 4.78 is 33.9. The topological polar surface area (TPSA) is 84.7 Å². The molecule has 1 aromatic heterocycles. The first-order valence-electron chi connectivity index (χ1n) is 8.44. The van der Waals surface area contributed by atoms with Gasteiger partial charge in [0.05, 0.1) is 6.33 Å². The van der Waals surface area contributed by atoms with Crippen LogP contribution >= 0.6 is 0 Å². The van der Waals surface area contributed by atoms with Crippen LogP contribution in [0.2, 0.25) is 0 Å². The zero-order valence-electron chi connectivity index (χ0n) is 13.9. The minimum atomic E-state index is -3.60. The van der Waals surface area contributed by atoms with Crippen LogP contribution in [0.1, 0.15) is 26.2 Å². The van der Waals surface area contributed by atoms with Gasteiger partial charge in [-0.3, -0.25) is 4.79 Å². The lowest BCUT2D eigenvalue weighted by molar-refractivity contribution is -0.142. The SMILES string of the molecule is CCCn1cnc(S(=O)(=O)N2CCN(C(=O)C3CCCO3)CC2)c1. The molecule has 2 aliphatic heterocycles. The first kappa shape index (κ1) is 17.4. The Morgan fingerprint density at radius 1 is 1.33 bits per heavy atom. The van der Waals surface area contributed by atoms with Crippen LogP contribution in [-0.4, -0.2) is 72.0 Å². The maximum absolute atomic E-state index is 12.7. The van der Waals surface area contributed by atoms with Crippen LogP contribution in [-0.2, 0) is 26.1 Å². The van der Waals surface area contributed by atoms with Crippen molar-refractivity contribution < 1.29 is 17.9 Å². The number of amides is 1. The number of aryl methyl sites for hydroxylation is 1. The lowest BCUT2D eigenvalue weighted by Crippen LogP contribution is -2.52. The number of rotatable bonds is 5. The molecule has 0 saturated carbocycles. The minimum absolute atomic E-state index is 0.0169. The highest BCUT2D eigenvalue weighted by atomic mass is 32.2. The molecule has 0 aromatic carbocycles. The first-order valence-corrected chi connectivity index (χ1v) is 9.88. The Bertz CT molecular complexity index is 673. The van der Waals surface area contributed by atoms with Gasteiger partial charge in [-0.15, -0.1) is 0 Å². The van der Waals surface area contributed by atoms with E-state index in [1.165, 1.54) is 4.31 Å². The Hall–Kier alpha value is -1.45. The summed E-state index contributed by atoms with van der Waals surface area (Å²) in [5.74, 6) is -0.0169. The second-order valence-corrected chi connectivity index (χ2v) is 8.07. The number of nitrogens with zero attached hydrogens (tertiary/aromatic N) is 4. The van der Waals surface area contributed by atoms with Crippen molar-refractivity contribution in [3.8, 4) is 0 Å². The zero-order chi connectivity index (χ0) is 17.2. The molecule has 1 aromatic rings. The van der Waals surface area contributed by atoms with Crippen molar-refractivity contribution in [1.82, 2.24) is 18.8 Å². The molecule has 0 radical (unpaired) electrons. The van der Waals surface area contributed by atoms with E-state index in [1.807, 2.05) is 6.92 Å². The molecule has 9 heteroatoms. The first-order chi connectivity index (χ1) is 11.5. The van der Waals surface area contributed by atoms with Crippen molar-refractivity contribution in [2.45, 2.75) is 43.9 Å². The van der Waals surface area contributed by atoms with Gasteiger partial charge in [0.25, 0.3) is 15.9 Å². The zero-order valence-corrected chi connectivity index (χ0v) is 14.7. The third kappa shape index (κ3) is 3.47. The molecule has 8 nitrogen and oxygen atoms in total. The number of sulfonamides is 1. The van der Waals surface area contributed by atoms with Crippen LogP contribution in [0, 0.1) is 0 Å².